The van der Waals surface area contributed by atoms with E-state index >= 15 is 0 Å². The van der Waals surface area contributed by atoms with Gasteiger partial charge in [-0.3, -0.25) is 37.3 Å². The second-order valence-electron chi connectivity index (χ2n) is 32.0. The van der Waals surface area contributed by atoms with Crippen LogP contribution in [-0.2, 0) is 65.4 Å². The quantitative estimate of drug-likeness (QED) is 0.0222. The SMILES string of the molecule is CCCCCCCCCCCCCCCCCCCCC(=O)O[C@H](COC(=O)CCCCCCCCCC(C)C)COP(=O)(O)OC[C@H](O)COP(=O)(O)OC[C@@H](COC(=O)CCCCCCCCCCCCCCCCCC(C)C)OC(=O)CCCCCCCCCCCCCCCCCC(C)C. The summed E-state index contributed by atoms with van der Waals surface area (Å²) in [5.74, 6) is 0.208. The maximum atomic E-state index is 13.1. The fourth-order valence-electron chi connectivity index (χ4n) is 13.2. The molecule has 0 amide bonds. The Morgan fingerprint density at radius 2 is 0.442 bits per heavy atom. The van der Waals surface area contributed by atoms with Gasteiger partial charge in [0.25, 0.3) is 0 Å². The summed E-state index contributed by atoms with van der Waals surface area (Å²) in [6, 6.07) is 0. The summed E-state index contributed by atoms with van der Waals surface area (Å²) in [5.41, 5.74) is 0. The monoisotopic (exact) mass is 1520 g/mol. The minimum Gasteiger partial charge on any atom is -0.462 e. The van der Waals surface area contributed by atoms with Gasteiger partial charge in [-0.05, 0) is 43.4 Å². The van der Waals surface area contributed by atoms with Crippen molar-refractivity contribution in [2.45, 2.75) is 465 Å². The second kappa shape index (κ2) is 75.1. The average molecular weight is 1520 g/mol. The molecule has 0 bridgehead atoms. The number of aliphatic hydroxyl groups is 1. The smallest absolute Gasteiger partial charge is 0.462 e. The number of hydrogen-bond donors (Lipinski definition) is 3. The lowest BCUT2D eigenvalue weighted by molar-refractivity contribution is -0.161. The zero-order chi connectivity index (χ0) is 76.5. The second-order valence-corrected chi connectivity index (χ2v) is 34.9. The third-order valence-corrected chi connectivity index (χ3v) is 21.8. The highest BCUT2D eigenvalue weighted by molar-refractivity contribution is 7.47. The van der Waals surface area contributed by atoms with Crippen molar-refractivity contribution in [1.29, 1.82) is 0 Å². The van der Waals surface area contributed by atoms with Crippen molar-refractivity contribution in [2.75, 3.05) is 39.6 Å². The molecular formula is C85H166O17P2. The van der Waals surface area contributed by atoms with Crippen LogP contribution in [0.1, 0.15) is 447 Å². The van der Waals surface area contributed by atoms with Gasteiger partial charge in [-0.2, -0.15) is 0 Å². The molecule has 0 aliphatic heterocycles. The lowest BCUT2D eigenvalue weighted by atomic mass is 10.0. The van der Waals surface area contributed by atoms with E-state index in [0.717, 1.165) is 108 Å². The lowest BCUT2D eigenvalue weighted by Gasteiger charge is -2.21. The molecule has 0 rings (SSSR count). The number of hydrogen-bond acceptors (Lipinski definition) is 15. The molecule has 0 aromatic carbocycles. The normalized spacial score (nSPS) is 13.9. The Morgan fingerprint density at radius 1 is 0.260 bits per heavy atom. The molecular weight excluding hydrogens is 1350 g/mol. The van der Waals surface area contributed by atoms with Gasteiger partial charge in [-0.25, -0.2) is 9.13 Å². The van der Waals surface area contributed by atoms with E-state index in [1.54, 1.807) is 0 Å². The number of ether oxygens (including phenoxy) is 4. The topological polar surface area (TPSA) is 237 Å². The Kier molecular flexibility index (Phi) is 73.7. The van der Waals surface area contributed by atoms with Crippen LogP contribution in [-0.4, -0.2) is 96.7 Å². The van der Waals surface area contributed by atoms with E-state index < -0.39 is 97.5 Å². The molecule has 17 nitrogen and oxygen atoms in total. The first-order valence-corrected chi connectivity index (χ1v) is 46.8. The Bertz CT molecular complexity index is 2010. The third-order valence-electron chi connectivity index (χ3n) is 19.9. The maximum absolute atomic E-state index is 13.1. The van der Waals surface area contributed by atoms with Gasteiger partial charge < -0.3 is 33.8 Å². The molecule has 0 saturated heterocycles. The average Bonchev–Trinajstić information content (AvgIpc) is 0.907. The summed E-state index contributed by atoms with van der Waals surface area (Å²) in [5, 5.41) is 10.7. The van der Waals surface area contributed by atoms with E-state index in [2.05, 4.69) is 48.5 Å². The first-order chi connectivity index (χ1) is 50.2. The van der Waals surface area contributed by atoms with Crippen LogP contribution in [0.4, 0.5) is 0 Å². The zero-order valence-electron chi connectivity index (χ0n) is 68.5. The Labute approximate surface area is 638 Å². The van der Waals surface area contributed by atoms with E-state index in [0.29, 0.717) is 31.6 Å². The summed E-state index contributed by atoms with van der Waals surface area (Å²) in [7, 11) is -9.93. The van der Waals surface area contributed by atoms with Gasteiger partial charge in [-0.15, -0.1) is 0 Å². The minimum absolute atomic E-state index is 0.108. The molecule has 0 heterocycles. The molecule has 0 fully saturated rings. The molecule has 0 aliphatic rings. The van der Waals surface area contributed by atoms with Crippen molar-refractivity contribution >= 4 is 39.5 Å². The molecule has 104 heavy (non-hydrogen) atoms. The van der Waals surface area contributed by atoms with Crippen molar-refractivity contribution in [1.82, 2.24) is 0 Å². The highest BCUT2D eigenvalue weighted by Gasteiger charge is 2.30. The van der Waals surface area contributed by atoms with Crippen LogP contribution < -0.4 is 0 Å². The lowest BCUT2D eigenvalue weighted by Crippen LogP contribution is -2.30. The zero-order valence-corrected chi connectivity index (χ0v) is 70.3. The Morgan fingerprint density at radius 3 is 0.654 bits per heavy atom. The molecule has 0 spiro atoms. The molecule has 0 aromatic heterocycles. The first-order valence-electron chi connectivity index (χ1n) is 43.8. The maximum Gasteiger partial charge on any atom is 0.472 e. The van der Waals surface area contributed by atoms with Gasteiger partial charge >= 0.3 is 39.5 Å². The van der Waals surface area contributed by atoms with Crippen LogP contribution >= 0.6 is 15.6 Å². The van der Waals surface area contributed by atoms with Crippen LogP contribution in [0.2, 0.25) is 0 Å². The summed E-state index contributed by atoms with van der Waals surface area (Å²) < 4.78 is 68.9. The molecule has 0 aromatic rings. The molecule has 0 radical (unpaired) electrons. The van der Waals surface area contributed by atoms with E-state index in [1.807, 2.05) is 0 Å². The fourth-order valence-corrected chi connectivity index (χ4v) is 14.8. The summed E-state index contributed by atoms with van der Waals surface area (Å²) in [6.45, 7) is 12.0. The van der Waals surface area contributed by atoms with E-state index in [4.69, 9.17) is 37.0 Å². The Hall–Kier alpha value is -1.94. The summed E-state index contributed by atoms with van der Waals surface area (Å²) in [4.78, 5) is 73.2. The van der Waals surface area contributed by atoms with Gasteiger partial charge in [0.1, 0.15) is 19.3 Å². The number of esters is 4. The highest BCUT2D eigenvalue weighted by Crippen LogP contribution is 2.45. The van der Waals surface area contributed by atoms with Crippen molar-refractivity contribution < 1.29 is 80.2 Å². The van der Waals surface area contributed by atoms with E-state index in [9.17, 15) is 43.2 Å². The van der Waals surface area contributed by atoms with E-state index in [-0.39, 0.29) is 25.7 Å². The molecule has 2 unspecified atom stereocenters. The van der Waals surface area contributed by atoms with Crippen molar-refractivity contribution in [3.63, 3.8) is 0 Å². The van der Waals surface area contributed by atoms with Crippen molar-refractivity contribution in [2.24, 2.45) is 17.8 Å². The molecule has 19 heteroatoms. The minimum atomic E-state index is -4.97. The van der Waals surface area contributed by atoms with E-state index in [1.165, 1.54) is 250 Å². The number of phosphoric ester groups is 2. The number of rotatable bonds is 83. The van der Waals surface area contributed by atoms with Crippen LogP contribution in [0.5, 0.6) is 0 Å². The van der Waals surface area contributed by atoms with Crippen LogP contribution in [0.15, 0.2) is 0 Å². The molecule has 5 atom stereocenters. The van der Waals surface area contributed by atoms with Crippen molar-refractivity contribution in [3.8, 4) is 0 Å². The molecule has 618 valence electrons. The fraction of sp³-hybridized carbons (Fsp3) is 0.953. The largest absolute Gasteiger partial charge is 0.472 e. The predicted octanol–water partition coefficient (Wildman–Crippen LogP) is 25.7. The van der Waals surface area contributed by atoms with Crippen LogP contribution in [0, 0.1) is 17.8 Å². The van der Waals surface area contributed by atoms with Crippen molar-refractivity contribution in [3.05, 3.63) is 0 Å². The molecule has 0 aliphatic carbocycles. The standard InChI is InChI=1S/C85H166O17P2/c1-8-9-10-11-12-13-14-15-16-17-18-23-29-34-39-46-54-61-69-85(90)102-81(73-96-83(88)67-60-53-48-41-44-51-58-65-78(6)7)75-100-104(93,94)98-71-79(86)70-97-103(91,92)99-74-80(101-84(89)68-62-55-47-40-35-30-25-20-22-27-32-37-43-50-57-64-77(4)5)72-95-82(87)66-59-52-45-38-33-28-24-19-21-26-31-36-42-49-56-63-76(2)3/h76-81,86H,8-75H2,1-7H3,(H,91,92)(H,93,94)/t79-,80-,81-/m1/s1. The number of carbonyl (C=O) groups is 4. The van der Waals surface area contributed by atoms with Crippen LogP contribution in [0.3, 0.4) is 0 Å². The van der Waals surface area contributed by atoms with Gasteiger partial charge in [0, 0.05) is 25.7 Å². The molecule has 3 N–H and O–H groups in total. The first kappa shape index (κ1) is 102. The summed E-state index contributed by atoms with van der Waals surface area (Å²) >= 11 is 0. The number of unbranched alkanes of at least 4 members (excludes halogenated alkanes) is 51. The number of carbonyl (C=O) groups excluding carboxylic acids is 4. The number of aliphatic hydroxyl groups excluding tert-OH is 1. The summed E-state index contributed by atoms with van der Waals surface area (Å²) in [6.07, 6.45) is 65.3. The number of phosphoric acid groups is 2. The van der Waals surface area contributed by atoms with Gasteiger partial charge in [0.2, 0.25) is 0 Å². The predicted molar refractivity (Wildman–Crippen MR) is 428 cm³/mol. The third kappa shape index (κ3) is 78.2. The van der Waals surface area contributed by atoms with Gasteiger partial charge in [0.05, 0.1) is 26.4 Å². The molecule has 0 saturated carbocycles. The van der Waals surface area contributed by atoms with Gasteiger partial charge in [0.15, 0.2) is 12.2 Å². The van der Waals surface area contributed by atoms with Gasteiger partial charge in [-0.1, -0.05) is 395 Å². The highest BCUT2D eigenvalue weighted by atomic mass is 31.2. The van der Waals surface area contributed by atoms with Crippen LogP contribution in [0.25, 0.3) is 0 Å². The Balaban J connectivity index is 5.23.